The Morgan fingerprint density at radius 1 is 1.21 bits per heavy atom. The van der Waals surface area contributed by atoms with Crippen LogP contribution < -0.4 is 0 Å². The van der Waals surface area contributed by atoms with E-state index in [1.54, 1.807) is 0 Å². The van der Waals surface area contributed by atoms with Gasteiger partial charge in [-0.1, -0.05) is 23.8 Å². The van der Waals surface area contributed by atoms with Gasteiger partial charge < -0.3 is 5.11 Å². The van der Waals surface area contributed by atoms with E-state index in [-0.39, 0.29) is 12.4 Å². The Bertz CT molecular complexity index is 426. The van der Waals surface area contributed by atoms with Crippen LogP contribution in [0.3, 0.4) is 0 Å². The topological polar surface area (TPSA) is 43.8 Å². The lowest BCUT2D eigenvalue weighted by Crippen LogP contribution is -2.48. The maximum Gasteiger partial charge on any atom is 0.176 e. The lowest BCUT2D eigenvalue weighted by Gasteiger charge is -2.33. The molecule has 104 valence electrons. The van der Waals surface area contributed by atoms with Crippen LogP contribution >= 0.6 is 0 Å². The molecule has 4 nitrogen and oxygen atoms in total. The van der Waals surface area contributed by atoms with E-state index in [2.05, 4.69) is 9.80 Å². The predicted octanol–water partition coefficient (Wildman–Crippen LogP) is 0.788. The van der Waals surface area contributed by atoms with E-state index < -0.39 is 0 Å². The van der Waals surface area contributed by atoms with E-state index in [4.69, 9.17) is 5.11 Å². The molecule has 4 heteroatoms. The zero-order valence-electron chi connectivity index (χ0n) is 11.5. The molecule has 1 aliphatic rings. The van der Waals surface area contributed by atoms with Crippen molar-refractivity contribution < 1.29 is 9.90 Å². The molecule has 0 saturated carbocycles. The van der Waals surface area contributed by atoms with Gasteiger partial charge in [-0.25, -0.2) is 0 Å². The summed E-state index contributed by atoms with van der Waals surface area (Å²) < 4.78 is 0. The van der Waals surface area contributed by atoms with Crippen molar-refractivity contribution >= 4 is 5.78 Å². The van der Waals surface area contributed by atoms with Crippen LogP contribution in [0, 0.1) is 6.92 Å². The van der Waals surface area contributed by atoms with Crippen LogP contribution in [0.5, 0.6) is 0 Å². The second-order valence-electron chi connectivity index (χ2n) is 5.13. The third-order valence-corrected chi connectivity index (χ3v) is 3.59. The first-order valence-corrected chi connectivity index (χ1v) is 6.84. The number of ketones is 1. The second kappa shape index (κ2) is 6.80. The first-order chi connectivity index (χ1) is 9.19. The molecule has 1 saturated heterocycles. The number of piperazine rings is 1. The number of aryl methyl sites for hydroxylation is 1. The number of aliphatic hydroxyl groups excluding tert-OH is 1. The molecule has 1 fully saturated rings. The fourth-order valence-corrected chi connectivity index (χ4v) is 2.43. The Morgan fingerprint density at radius 2 is 1.89 bits per heavy atom. The molecule has 0 aromatic heterocycles. The maximum atomic E-state index is 12.2. The summed E-state index contributed by atoms with van der Waals surface area (Å²) in [7, 11) is 0. The van der Waals surface area contributed by atoms with Gasteiger partial charge in [0.2, 0.25) is 0 Å². The van der Waals surface area contributed by atoms with Gasteiger partial charge in [-0.2, -0.15) is 0 Å². The number of aliphatic hydroxyl groups is 1. The van der Waals surface area contributed by atoms with Gasteiger partial charge in [0, 0.05) is 38.3 Å². The highest BCUT2D eigenvalue weighted by Gasteiger charge is 2.18. The van der Waals surface area contributed by atoms with Gasteiger partial charge in [0.1, 0.15) is 0 Å². The molecule has 1 N–H and O–H groups in total. The number of benzene rings is 1. The Hall–Kier alpha value is -1.23. The van der Waals surface area contributed by atoms with Gasteiger partial charge in [0.15, 0.2) is 5.78 Å². The number of hydrogen-bond donors (Lipinski definition) is 1. The zero-order chi connectivity index (χ0) is 13.7. The Morgan fingerprint density at radius 3 is 2.53 bits per heavy atom. The normalized spacial score (nSPS) is 17.6. The monoisotopic (exact) mass is 262 g/mol. The molecule has 2 rings (SSSR count). The largest absolute Gasteiger partial charge is 0.395 e. The quantitative estimate of drug-likeness (QED) is 0.797. The fraction of sp³-hybridized carbons (Fsp3) is 0.533. The van der Waals surface area contributed by atoms with Gasteiger partial charge >= 0.3 is 0 Å². The van der Waals surface area contributed by atoms with Gasteiger partial charge in [0.25, 0.3) is 0 Å². The van der Waals surface area contributed by atoms with Crippen molar-refractivity contribution in [2.75, 3.05) is 45.9 Å². The highest BCUT2D eigenvalue weighted by atomic mass is 16.3. The third kappa shape index (κ3) is 4.13. The van der Waals surface area contributed by atoms with Crippen LogP contribution in [0.2, 0.25) is 0 Å². The van der Waals surface area contributed by atoms with Crippen molar-refractivity contribution in [2.45, 2.75) is 6.92 Å². The summed E-state index contributed by atoms with van der Waals surface area (Å²) >= 11 is 0. The summed E-state index contributed by atoms with van der Waals surface area (Å²) in [6.07, 6.45) is 0. The van der Waals surface area contributed by atoms with Crippen molar-refractivity contribution in [2.24, 2.45) is 0 Å². The molecule has 0 bridgehead atoms. The summed E-state index contributed by atoms with van der Waals surface area (Å²) in [5.74, 6) is 0.194. The average Bonchev–Trinajstić information content (AvgIpc) is 2.41. The standard InChI is InChI=1S/C15H22N2O2/c1-13-3-2-4-14(11-13)15(19)12-17-7-5-16(6-8-17)9-10-18/h2-4,11,18H,5-10,12H2,1H3. The smallest absolute Gasteiger partial charge is 0.176 e. The number of nitrogens with zero attached hydrogens (tertiary/aromatic N) is 2. The molecule has 19 heavy (non-hydrogen) atoms. The summed E-state index contributed by atoms with van der Waals surface area (Å²) in [6.45, 7) is 7.11. The minimum absolute atomic E-state index is 0.194. The molecular weight excluding hydrogens is 240 g/mol. The van der Waals surface area contributed by atoms with Gasteiger partial charge in [0.05, 0.1) is 13.2 Å². The lowest BCUT2D eigenvalue weighted by atomic mass is 10.1. The van der Waals surface area contributed by atoms with E-state index in [0.717, 1.165) is 43.9 Å². The summed E-state index contributed by atoms with van der Waals surface area (Å²) in [5, 5.41) is 8.90. The Balaban J connectivity index is 1.84. The van der Waals surface area contributed by atoms with Gasteiger partial charge in [-0.05, 0) is 13.0 Å². The van der Waals surface area contributed by atoms with Crippen LogP contribution in [-0.4, -0.2) is 66.6 Å². The minimum atomic E-state index is 0.194. The first-order valence-electron chi connectivity index (χ1n) is 6.84. The number of rotatable bonds is 5. The Kier molecular flexibility index (Phi) is 5.07. The molecule has 0 unspecified atom stereocenters. The lowest BCUT2D eigenvalue weighted by molar-refractivity contribution is 0.0822. The molecule has 0 radical (unpaired) electrons. The Labute approximate surface area is 114 Å². The van der Waals surface area contributed by atoms with E-state index >= 15 is 0 Å². The summed E-state index contributed by atoms with van der Waals surface area (Å²) in [5.41, 5.74) is 1.93. The summed E-state index contributed by atoms with van der Waals surface area (Å²) in [4.78, 5) is 16.6. The van der Waals surface area contributed by atoms with Crippen molar-refractivity contribution in [3.8, 4) is 0 Å². The van der Waals surface area contributed by atoms with Gasteiger partial charge in [-0.3, -0.25) is 14.6 Å². The van der Waals surface area contributed by atoms with E-state index in [9.17, 15) is 4.79 Å². The summed E-state index contributed by atoms with van der Waals surface area (Å²) in [6, 6.07) is 7.77. The zero-order valence-corrected chi connectivity index (χ0v) is 11.5. The minimum Gasteiger partial charge on any atom is -0.395 e. The number of carbonyl (C=O) groups excluding carboxylic acids is 1. The molecular formula is C15H22N2O2. The third-order valence-electron chi connectivity index (χ3n) is 3.59. The number of β-amino-alcohol motifs (C(OH)–C–C–N with tert-alkyl or cyclic N) is 1. The van der Waals surface area contributed by atoms with Crippen LogP contribution in [0.4, 0.5) is 0 Å². The molecule has 0 spiro atoms. The van der Waals surface area contributed by atoms with E-state index in [0.29, 0.717) is 6.54 Å². The predicted molar refractivity (Wildman–Crippen MR) is 75.5 cm³/mol. The molecule has 1 aliphatic heterocycles. The van der Waals surface area contributed by atoms with Gasteiger partial charge in [-0.15, -0.1) is 0 Å². The molecule has 0 atom stereocenters. The average molecular weight is 262 g/mol. The van der Waals surface area contributed by atoms with Crippen molar-refractivity contribution in [1.29, 1.82) is 0 Å². The van der Waals surface area contributed by atoms with Crippen LogP contribution in [0.15, 0.2) is 24.3 Å². The fourth-order valence-electron chi connectivity index (χ4n) is 2.43. The molecule has 1 heterocycles. The van der Waals surface area contributed by atoms with Crippen LogP contribution in [-0.2, 0) is 0 Å². The van der Waals surface area contributed by atoms with Crippen molar-refractivity contribution in [1.82, 2.24) is 9.80 Å². The highest BCUT2D eigenvalue weighted by Crippen LogP contribution is 2.07. The SMILES string of the molecule is Cc1cccc(C(=O)CN2CCN(CCO)CC2)c1. The maximum absolute atomic E-state index is 12.2. The van der Waals surface area contributed by atoms with Crippen LogP contribution in [0.1, 0.15) is 15.9 Å². The molecule has 1 aromatic carbocycles. The van der Waals surface area contributed by atoms with E-state index in [1.807, 2.05) is 31.2 Å². The number of hydrogen-bond acceptors (Lipinski definition) is 4. The first kappa shape index (κ1) is 14.2. The van der Waals surface area contributed by atoms with Crippen molar-refractivity contribution in [3.05, 3.63) is 35.4 Å². The highest BCUT2D eigenvalue weighted by molar-refractivity contribution is 5.97. The molecule has 0 aliphatic carbocycles. The number of carbonyl (C=O) groups is 1. The molecule has 0 amide bonds. The van der Waals surface area contributed by atoms with Crippen LogP contribution in [0.25, 0.3) is 0 Å². The van der Waals surface area contributed by atoms with E-state index in [1.165, 1.54) is 0 Å². The molecule has 1 aromatic rings. The van der Waals surface area contributed by atoms with Crippen molar-refractivity contribution in [3.63, 3.8) is 0 Å². The second-order valence-corrected chi connectivity index (χ2v) is 5.13. The number of Topliss-reactive ketones (excluding diaryl/α,β-unsaturated/α-hetero) is 1.